The Hall–Kier alpha value is -2.70. The maximum Gasteiger partial charge on any atom is 0.273 e. The van der Waals surface area contributed by atoms with Gasteiger partial charge >= 0.3 is 0 Å². The molecular formula is C20H26FN3O3. The van der Waals surface area contributed by atoms with Crippen molar-refractivity contribution in [3.8, 4) is 0 Å². The van der Waals surface area contributed by atoms with E-state index in [9.17, 15) is 14.0 Å². The van der Waals surface area contributed by atoms with E-state index < -0.39 is 11.7 Å². The molecule has 0 aliphatic rings. The first-order chi connectivity index (χ1) is 12.9. The van der Waals surface area contributed by atoms with E-state index in [-0.39, 0.29) is 41.7 Å². The van der Waals surface area contributed by atoms with Crippen LogP contribution in [0, 0.1) is 5.82 Å². The summed E-state index contributed by atoms with van der Waals surface area (Å²) in [5.74, 6) is -1.10. The molecule has 6 nitrogen and oxygen atoms in total. The largest absolute Gasteiger partial charge is 0.446 e. The van der Waals surface area contributed by atoms with Gasteiger partial charge in [0.15, 0.2) is 5.69 Å². The zero-order chi connectivity index (χ0) is 20.0. The molecule has 146 valence electrons. The molecule has 2 amide bonds. The molecule has 7 heteroatoms. The maximum atomic E-state index is 14.0. The van der Waals surface area contributed by atoms with Gasteiger partial charge in [-0.15, -0.1) is 0 Å². The molecule has 0 bridgehead atoms. The first-order valence-corrected chi connectivity index (χ1v) is 9.18. The average Bonchev–Trinajstić information content (AvgIpc) is 3.14. The van der Waals surface area contributed by atoms with Crippen LogP contribution < -0.4 is 5.32 Å². The molecule has 1 heterocycles. The maximum absolute atomic E-state index is 14.0. The Labute approximate surface area is 158 Å². The lowest BCUT2D eigenvalue weighted by Crippen LogP contribution is -2.38. The van der Waals surface area contributed by atoms with Gasteiger partial charge in [-0.3, -0.25) is 9.59 Å². The number of hydrogen-bond acceptors (Lipinski definition) is 4. The number of oxazole rings is 1. The number of amides is 2. The first-order valence-electron chi connectivity index (χ1n) is 9.18. The van der Waals surface area contributed by atoms with E-state index >= 15 is 0 Å². The topological polar surface area (TPSA) is 75.4 Å². The van der Waals surface area contributed by atoms with Gasteiger partial charge in [0.2, 0.25) is 5.89 Å². The summed E-state index contributed by atoms with van der Waals surface area (Å²) in [6.45, 7) is 7.73. The predicted octanol–water partition coefficient (Wildman–Crippen LogP) is 3.78. The predicted molar refractivity (Wildman–Crippen MR) is 99.7 cm³/mol. The second kappa shape index (κ2) is 9.30. The summed E-state index contributed by atoms with van der Waals surface area (Å²) in [6.07, 6.45) is 2.76. The van der Waals surface area contributed by atoms with Crippen molar-refractivity contribution in [1.29, 1.82) is 0 Å². The van der Waals surface area contributed by atoms with Crippen molar-refractivity contribution in [1.82, 2.24) is 15.2 Å². The Balaban J connectivity index is 2.19. The minimum absolute atomic E-state index is 0.000840. The van der Waals surface area contributed by atoms with E-state index in [1.165, 1.54) is 29.4 Å². The second-order valence-electron chi connectivity index (χ2n) is 6.58. The monoisotopic (exact) mass is 375 g/mol. The number of hydrogen-bond donors (Lipinski definition) is 1. The lowest BCUT2D eigenvalue weighted by atomic mass is 10.1. The summed E-state index contributed by atoms with van der Waals surface area (Å²) < 4.78 is 19.4. The Morgan fingerprint density at radius 1 is 1.22 bits per heavy atom. The number of carbonyl (C=O) groups is 2. The molecule has 0 spiro atoms. The summed E-state index contributed by atoms with van der Waals surface area (Å²) in [5, 5.41) is 2.81. The van der Waals surface area contributed by atoms with Crippen molar-refractivity contribution in [2.75, 3.05) is 0 Å². The number of benzene rings is 1. The van der Waals surface area contributed by atoms with E-state index in [4.69, 9.17) is 4.42 Å². The lowest BCUT2D eigenvalue weighted by molar-refractivity contribution is 0.0647. The molecule has 1 aromatic heterocycles. The van der Waals surface area contributed by atoms with Gasteiger partial charge in [0.25, 0.3) is 11.8 Å². The van der Waals surface area contributed by atoms with Crippen LogP contribution in [0.3, 0.4) is 0 Å². The molecule has 0 aliphatic heterocycles. The third-order valence-electron chi connectivity index (χ3n) is 4.57. The number of halogens is 1. The smallest absolute Gasteiger partial charge is 0.273 e. The zero-order valence-electron chi connectivity index (χ0n) is 16.2. The number of nitrogens with one attached hydrogen (secondary N) is 1. The van der Waals surface area contributed by atoms with E-state index in [0.29, 0.717) is 6.42 Å². The molecule has 2 rings (SSSR count). The van der Waals surface area contributed by atoms with Crippen molar-refractivity contribution in [3.63, 3.8) is 0 Å². The van der Waals surface area contributed by atoms with Crippen molar-refractivity contribution in [2.45, 2.75) is 59.2 Å². The van der Waals surface area contributed by atoms with Gasteiger partial charge in [-0.1, -0.05) is 26.0 Å². The molecule has 1 aromatic carbocycles. The minimum atomic E-state index is -0.572. The summed E-state index contributed by atoms with van der Waals surface area (Å²) in [6, 6.07) is 5.74. The second-order valence-corrected chi connectivity index (χ2v) is 6.58. The fraction of sp³-hybridized carbons (Fsp3) is 0.450. The molecule has 2 atom stereocenters. The SMILES string of the molecule is CCC(C)NC(=O)c1coc(CN(C(=O)c2ccccc2F)C(C)CC)n1. The van der Waals surface area contributed by atoms with Crippen LogP contribution in [-0.2, 0) is 6.54 Å². The van der Waals surface area contributed by atoms with E-state index in [1.54, 1.807) is 6.07 Å². The minimum Gasteiger partial charge on any atom is -0.446 e. The lowest BCUT2D eigenvalue weighted by Gasteiger charge is -2.27. The van der Waals surface area contributed by atoms with Crippen LogP contribution in [0.25, 0.3) is 0 Å². The van der Waals surface area contributed by atoms with Crippen LogP contribution in [0.5, 0.6) is 0 Å². The Morgan fingerprint density at radius 3 is 2.56 bits per heavy atom. The van der Waals surface area contributed by atoms with Crippen LogP contribution >= 0.6 is 0 Å². The van der Waals surface area contributed by atoms with Gasteiger partial charge in [-0.25, -0.2) is 9.37 Å². The number of rotatable bonds is 8. The van der Waals surface area contributed by atoms with Gasteiger partial charge < -0.3 is 14.6 Å². The average molecular weight is 375 g/mol. The van der Waals surface area contributed by atoms with Crippen LogP contribution in [-0.4, -0.2) is 33.8 Å². The Kier molecular flexibility index (Phi) is 7.10. The molecule has 0 saturated heterocycles. The van der Waals surface area contributed by atoms with Gasteiger partial charge in [0.1, 0.15) is 12.1 Å². The van der Waals surface area contributed by atoms with Crippen LogP contribution in [0.4, 0.5) is 4.39 Å². The van der Waals surface area contributed by atoms with Gasteiger partial charge in [0.05, 0.1) is 12.1 Å². The standard InChI is InChI=1S/C20H26FN3O3/c1-5-13(3)22-19(25)17-12-27-18(23-17)11-24(14(4)6-2)20(26)15-9-7-8-10-16(15)21/h7-10,12-14H,5-6,11H2,1-4H3,(H,22,25). The van der Waals surface area contributed by atoms with Crippen molar-refractivity contribution in [2.24, 2.45) is 0 Å². The third-order valence-corrected chi connectivity index (χ3v) is 4.57. The zero-order valence-corrected chi connectivity index (χ0v) is 16.2. The fourth-order valence-electron chi connectivity index (χ4n) is 2.47. The van der Waals surface area contributed by atoms with Crippen LogP contribution in [0.15, 0.2) is 34.9 Å². The quantitative estimate of drug-likeness (QED) is 0.762. The summed E-state index contributed by atoms with van der Waals surface area (Å²) in [7, 11) is 0. The Morgan fingerprint density at radius 2 is 1.93 bits per heavy atom. The first kappa shape index (κ1) is 20.6. The molecule has 2 unspecified atom stereocenters. The molecule has 0 saturated carbocycles. The van der Waals surface area contributed by atoms with Crippen molar-refractivity contribution in [3.05, 3.63) is 53.5 Å². The normalized spacial score (nSPS) is 13.1. The molecular weight excluding hydrogens is 349 g/mol. The summed E-state index contributed by atoms with van der Waals surface area (Å²) in [4.78, 5) is 30.7. The van der Waals surface area contributed by atoms with E-state index in [1.807, 2.05) is 27.7 Å². The third kappa shape index (κ3) is 5.15. The molecule has 0 radical (unpaired) electrons. The molecule has 2 aromatic rings. The highest BCUT2D eigenvalue weighted by molar-refractivity contribution is 5.94. The molecule has 1 N–H and O–H groups in total. The van der Waals surface area contributed by atoms with Gasteiger partial charge in [0, 0.05) is 12.1 Å². The fourth-order valence-corrected chi connectivity index (χ4v) is 2.47. The van der Waals surface area contributed by atoms with Crippen LogP contribution in [0.2, 0.25) is 0 Å². The molecule has 0 aliphatic carbocycles. The van der Waals surface area contributed by atoms with Crippen molar-refractivity contribution >= 4 is 11.8 Å². The highest BCUT2D eigenvalue weighted by Crippen LogP contribution is 2.17. The summed E-state index contributed by atoms with van der Waals surface area (Å²) >= 11 is 0. The Bertz CT molecular complexity index is 790. The molecule has 27 heavy (non-hydrogen) atoms. The highest BCUT2D eigenvalue weighted by Gasteiger charge is 2.25. The number of nitrogens with zero attached hydrogens (tertiary/aromatic N) is 2. The van der Waals surface area contributed by atoms with Crippen LogP contribution in [0.1, 0.15) is 67.3 Å². The van der Waals surface area contributed by atoms with E-state index in [2.05, 4.69) is 10.3 Å². The van der Waals surface area contributed by atoms with Gasteiger partial charge in [-0.2, -0.15) is 0 Å². The summed E-state index contributed by atoms with van der Waals surface area (Å²) in [5.41, 5.74) is 0.159. The number of aromatic nitrogens is 1. The van der Waals surface area contributed by atoms with Gasteiger partial charge in [-0.05, 0) is 38.8 Å². The molecule has 0 fully saturated rings. The van der Waals surface area contributed by atoms with Crippen molar-refractivity contribution < 1.29 is 18.4 Å². The number of carbonyl (C=O) groups excluding carboxylic acids is 2. The highest BCUT2D eigenvalue weighted by atomic mass is 19.1. The van der Waals surface area contributed by atoms with E-state index in [0.717, 1.165) is 6.42 Å².